The van der Waals surface area contributed by atoms with E-state index in [4.69, 9.17) is 15.2 Å². The predicted octanol–water partition coefficient (Wildman–Crippen LogP) is 1.74. The standard InChI is InChI=1S/C18H26N2O5/c1-11(2)20(12(3)4)17(22)13(5)25-18(23)14-6-8-15(9-7-14)24-10-16(19)21/h6-9,11-13H,10H2,1-5H3,(H2,19,21). The molecule has 1 rings (SSSR count). The minimum Gasteiger partial charge on any atom is -0.484 e. The lowest BCUT2D eigenvalue weighted by Gasteiger charge is -2.32. The van der Waals surface area contributed by atoms with Crippen molar-refractivity contribution in [3.63, 3.8) is 0 Å². The van der Waals surface area contributed by atoms with Crippen LogP contribution in [0.1, 0.15) is 45.0 Å². The van der Waals surface area contributed by atoms with Gasteiger partial charge in [0, 0.05) is 12.1 Å². The van der Waals surface area contributed by atoms with Gasteiger partial charge in [0.2, 0.25) is 0 Å². The molecule has 2 N–H and O–H groups in total. The van der Waals surface area contributed by atoms with Crippen LogP contribution < -0.4 is 10.5 Å². The van der Waals surface area contributed by atoms with Gasteiger partial charge >= 0.3 is 5.97 Å². The number of carbonyl (C=O) groups is 3. The van der Waals surface area contributed by atoms with Crippen molar-refractivity contribution in [2.24, 2.45) is 5.73 Å². The molecule has 138 valence electrons. The van der Waals surface area contributed by atoms with Gasteiger partial charge in [-0.05, 0) is 58.9 Å². The lowest BCUT2D eigenvalue weighted by atomic mass is 10.2. The first-order valence-corrected chi connectivity index (χ1v) is 8.17. The number of nitrogens with zero attached hydrogens (tertiary/aromatic N) is 1. The molecule has 2 amide bonds. The van der Waals surface area contributed by atoms with Crippen LogP contribution in [0.15, 0.2) is 24.3 Å². The van der Waals surface area contributed by atoms with Crippen molar-refractivity contribution in [1.29, 1.82) is 0 Å². The zero-order chi connectivity index (χ0) is 19.1. The van der Waals surface area contributed by atoms with E-state index in [-0.39, 0.29) is 30.2 Å². The molecule has 0 bridgehead atoms. The van der Waals surface area contributed by atoms with E-state index in [0.717, 1.165) is 0 Å². The summed E-state index contributed by atoms with van der Waals surface area (Å²) in [7, 11) is 0. The number of benzene rings is 1. The zero-order valence-corrected chi connectivity index (χ0v) is 15.3. The summed E-state index contributed by atoms with van der Waals surface area (Å²) in [5.74, 6) is -1.02. The Morgan fingerprint density at radius 2 is 1.52 bits per heavy atom. The Kier molecular flexibility index (Phi) is 7.42. The smallest absolute Gasteiger partial charge is 0.338 e. The summed E-state index contributed by atoms with van der Waals surface area (Å²) >= 11 is 0. The van der Waals surface area contributed by atoms with Crippen molar-refractivity contribution >= 4 is 17.8 Å². The Hall–Kier alpha value is -2.57. The molecule has 7 heteroatoms. The minimum absolute atomic E-state index is 0.00957. The molecule has 7 nitrogen and oxygen atoms in total. The normalized spacial score (nSPS) is 12.0. The molecule has 0 fully saturated rings. The van der Waals surface area contributed by atoms with Crippen LogP contribution in [0.3, 0.4) is 0 Å². The third-order valence-corrected chi connectivity index (χ3v) is 3.47. The highest BCUT2D eigenvalue weighted by atomic mass is 16.5. The van der Waals surface area contributed by atoms with E-state index in [9.17, 15) is 14.4 Å². The lowest BCUT2D eigenvalue weighted by molar-refractivity contribution is -0.143. The van der Waals surface area contributed by atoms with Crippen molar-refractivity contribution in [2.45, 2.75) is 52.8 Å². The maximum absolute atomic E-state index is 12.5. The summed E-state index contributed by atoms with van der Waals surface area (Å²) < 4.78 is 10.4. The molecule has 0 aliphatic carbocycles. The monoisotopic (exact) mass is 350 g/mol. The van der Waals surface area contributed by atoms with Crippen LogP contribution in [0.5, 0.6) is 5.75 Å². The molecule has 0 saturated heterocycles. The van der Waals surface area contributed by atoms with E-state index in [1.807, 2.05) is 27.7 Å². The number of amides is 2. The highest BCUT2D eigenvalue weighted by Crippen LogP contribution is 2.15. The molecular weight excluding hydrogens is 324 g/mol. The predicted molar refractivity (Wildman–Crippen MR) is 93.1 cm³/mol. The first-order chi connectivity index (χ1) is 11.6. The second kappa shape index (κ2) is 9.05. The third kappa shape index (κ3) is 6.10. The Morgan fingerprint density at radius 3 is 1.96 bits per heavy atom. The van der Waals surface area contributed by atoms with E-state index in [0.29, 0.717) is 5.75 Å². The quantitative estimate of drug-likeness (QED) is 0.720. The summed E-state index contributed by atoms with van der Waals surface area (Å²) in [4.78, 5) is 37.0. The summed E-state index contributed by atoms with van der Waals surface area (Å²) in [6.45, 7) is 8.97. The molecule has 1 aromatic carbocycles. The summed E-state index contributed by atoms with van der Waals surface area (Å²) in [6, 6.07) is 6.07. The molecule has 0 saturated carbocycles. The van der Waals surface area contributed by atoms with Crippen molar-refractivity contribution < 1.29 is 23.9 Å². The molecule has 25 heavy (non-hydrogen) atoms. The molecule has 1 unspecified atom stereocenters. The van der Waals surface area contributed by atoms with Gasteiger partial charge in [0.15, 0.2) is 12.7 Å². The van der Waals surface area contributed by atoms with Gasteiger partial charge in [-0.3, -0.25) is 9.59 Å². The number of ether oxygens (including phenoxy) is 2. The summed E-state index contributed by atoms with van der Waals surface area (Å²) in [6.07, 6.45) is -0.886. The second-order valence-electron chi connectivity index (χ2n) is 6.26. The van der Waals surface area contributed by atoms with Gasteiger partial charge in [0.1, 0.15) is 5.75 Å². The van der Waals surface area contributed by atoms with Crippen molar-refractivity contribution in [2.75, 3.05) is 6.61 Å². The van der Waals surface area contributed by atoms with Crippen molar-refractivity contribution in [1.82, 2.24) is 4.90 Å². The Labute approximate surface area is 148 Å². The van der Waals surface area contributed by atoms with Gasteiger partial charge in [0.05, 0.1) is 5.56 Å². The Balaban J connectivity index is 2.71. The number of carbonyl (C=O) groups excluding carboxylic acids is 3. The zero-order valence-electron chi connectivity index (χ0n) is 15.3. The maximum Gasteiger partial charge on any atom is 0.338 e. The highest BCUT2D eigenvalue weighted by molar-refractivity contribution is 5.92. The molecular formula is C18H26N2O5. The van der Waals surface area contributed by atoms with Gasteiger partial charge in [-0.1, -0.05) is 0 Å². The van der Waals surface area contributed by atoms with Crippen LogP contribution in [0, 0.1) is 0 Å². The van der Waals surface area contributed by atoms with E-state index < -0.39 is 18.0 Å². The molecule has 0 aliphatic rings. The summed E-state index contributed by atoms with van der Waals surface area (Å²) in [5.41, 5.74) is 5.28. The SMILES string of the molecule is CC(OC(=O)c1ccc(OCC(N)=O)cc1)C(=O)N(C(C)C)C(C)C. The number of hydrogen-bond donors (Lipinski definition) is 1. The molecule has 1 aromatic rings. The number of nitrogens with two attached hydrogens (primary N) is 1. The average Bonchev–Trinajstić information content (AvgIpc) is 2.52. The fourth-order valence-corrected chi connectivity index (χ4v) is 2.44. The molecule has 0 radical (unpaired) electrons. The van der Waals surface area contributed by atoms with Gasteiger partial charge < -0.3 is 20.1 Å². The molecule has 0 spiro atoms. The highest BCUT2D eigenvalue weighted by Gasteiger charge is 2.27. The number of rotatable bonds is 8. The van der Waals surface area contributed by atoms with Crippen molar-refractivity contribution in [3.8, 4) is 5.75 Å². The molecule has 0 aromatic heterocycles. The van der Waals surface area contributed by atoms with E-state index in [2.05, 4.69) is 0 Å². The largest absolute Gasteiger partial charge is 0.484 e. The Morgan fingerprint density at radius 1 is 1.00 bits per heavy atom. The van der Waals surface area contributed by atoms with Gasteiger partial charge in [-0.15, -0.1) is 0 Å². The van der Waals surface area contributed by atoms with Crippen LogP contribution in [-0.2, 0) is 14.3 Å². The average molecular weight is 350 g/mol. The van der Waals surface area contributed by atoms with E-state index in [1.165, 1.54) is 24.3 Å². The minimum atomic E-state index is -0.886. The third-order valence-electron chi connectivity index (χ3n) is 3.47. The molecule has 0 aliphatic heterocycles. The summed E-state index contributed by atoms with van der Waals surface area (Å²) in [5, 5.41) is 0. The maximum atomic E-state index is 12.5. The number of hydrogen-bond acceptors (Lipinski definition) is 5. The Bertz CT molecular complexity index is 602. The van der Waals surface area contributed by atoms with Gasteiger partial charge in [-0.2, -0.15) is 0 Å². The molecule has 0 heterocycles. The van der Waals surface area contributed by atoms with Crippen LogP contribution in [-0.4, -0.2) is 47.5 Å². The first-order valence-electron chi connectivity index (χ1n) is 8.17. The fourth-order valence-electron chi connectivity index (χ4n) is 2.44. The van der Waals surface area contributed by atoms with Crippen LogP contribution in [0.2, 0.25) is 0 Å². The number of primary amides is 1. The van der Waals surface area contributed by atoms with Crippen LogP contribution >= 0.6 is 0 Å². The van der Waals surface area contributed by atoms with Gasteiger partial charge in [0.25, 0.3) is 11.8 Å². The first kappa shape index (κ1) is 20.5. The number of esters is 1. The van der Waals surface area contributed by atoms with Crippen LogP contribution in [0.25, 0.3) is 0 Å². The topological polar surface area (TPSA) is 98.9 Å². The second-order valence-corrected chi connectivity index (χ2v) is 6.26. The van der Waals surface area contributed by atoms with E-state index in [1.54, 1.807) is 11.8 Å². The van der Waals surface area contributed by atoms with Crippen molar-refractivity contribution in [3.05, 3.63) is 29.8 Å². The molecule has 1 atom stereocenters. The lowest BCUT2D eigenvalue weighted by Crippen LogP contribution is -2.47. The van der Waals surface area contributed by atoms with Gasteiger partial charge in [-0.25, -0.2) is 4.79 Å². The van der Waals surface area contributed by atoms with E-state index >= 15 is 0 Å². The fraction of sp³-hybridized carbons (Fsp3) is 0.500. The van der Waals surface area contributed by atoms with Crippen LogP contribution in [0.4, 0.5) is 0 Å².